The van der Waals surface area contributed by atoms with Gasteiger partial charge in [0.2, 0.25) is 5.88 Å². The molecule has 1 heterocycles. The number of nitrogens with two attached hydrogens (primary N) is 1. The minimum absolute atomic E-state index is 0.396. The largest absolute Gasteiger partial charge is 0.435 e. The van der Waals surface area contributed by atoms with Gasteiger partial charge in [-0.25, -0.2) is 9.97 Å². The maximum atomic E-state index is 5.83. The number of ether oxygens (including phenoxy) is 1. The number of fused-ring (bicyclic) bond motifs is 1. The molecule has 4 nitrogen and oxygen atoms in total. The molecule has 2 aromatic carbocycles. The summed E-state index contributed by atoms with van der Waals surface area (Å²) in [5, 5.41) is 0.564. The van der Waals surface area contributed by atoms with Gasteiger partial charge < -0.3 is 10.5 Å². The van der Waals surface area contributed by atoms with Gasteiger partial charge in [0, 0.05) is 5.02 Å². The predicted molar refractivity (Wildman–Crippen MR) is 75.5 cm³/mol. The summed E-state index contributed by atoms with van der Waals surface area (Å²) in [4.78, 5) is 8.63. The number of nitrogen functional groups attached to an aromatic ring is 1. The second-order valence-electron chi connectivity index (χ2n) is 3.98. The number of anilines is 1. The summed E-state index contributed by atoms with van der Waals surface area (Å²) in [5.74, 6) is 0.904. The van der Waals surface area contributed by atoms with E-state index in [0.29, 0.717) is 22.3 Å². The van der Waals surface area contributed by atoms with Crippen molar-refractivity contribution in [2.24, 2.45) is 0 Å². The van der Waals surface area contributed by atoms with E-state index in [4.69, 9.17) is 22.1 Å². The smallest absolute Gasteiger partial charge is 0.238 e. The van der Waals surface area contributed by atoms with Gasteiger partial charge in [-0.15, -0.1) is 0 Å². The topological polar surface area (TPSA) is 61.0 Å². The van der Waals surface area contributed by atoms with Crippen molar-refractivity contribution < 1.29 is 4.74 Å². The Morgan fingerprint density at radius 3 is 2.63 bits per heavy atom. The molecule has 0 unspecified atom stereocenters. The van der Waals surface area contributed by atoms with Crippen LogP contribution in [0.5, 0.6) is 11.6 Å². The Labute approximate surface area is 114 Å². The van der Waals surface area contributed by atoms with Crippen LogP contribution in [0.4, 0.5) is 5.69 Å². The van der Waals surface area contributed by atoms with Crippen LogP contribution in [0.3, 0.4) is 0 Å². The van der Waals surface area contributed by atoms with Crippen LogP contribution in [0.2, 0.25) is 5.02 Å². The SMILES string of the molecule is Nc1cc(Cl)ccc1Oc1cnc2ccccc2n1. The zero-order chi connectivity index (χ0) is 13.2. The maximum Gasteiger partial charge on any atom is 0.238 e. The molecule has 19 heavy (non-hydrogen) atoms. The Morgan fingerprint density at radius 1 is 1.05 bits per heavy atom. The van der Waals surface area contributed by atoms with E-state index in [9.17, 15) is 0 Å². The van der Waals surface area contributed by atoms with E-state index in [0.717, 1.165) is 11.0 Å². The average molecular weight is 272 g/mol. The molecule has 0 fully saturated rings. The molecule has 3 rings (SSSR count). The zero-order valence-electron chi connectivity index (χ0n) is 9.88. The lowest BCUT2D eigenvalue weighted by atomic mass is 10.3. The van der Waals surface area contributed by atoms with Gasteiger partial charge in [-0.3, -0.25) is 0 Å². The third-order valence-corrected chi connectivity index (χ3v) is 2.85. The summed E-state index contributed by atoms with van der Waals surface area (Å²) >= 11 is 5.83. The number of aromatic nitrogens is 2. The summed E-state index contributed by atoms with van der Waals surface area (Å²) in [7, 11) is 0. The highest BCUT2D eigenvalue weighted by molar-refractivity contribution is 6.30. The molecular formula is C14H10ClN3O. The van der Waals surface area contributed by atoms with E-state index in [-0.39, 0.29) is 0 Å². The second kappa shape index (κ2) is 4.74. The molecule has 0 spiro atoms. The Morgan fingerprint density at radius 2 is 1.84 bits per heavy atom. The number of hydrogen-bond donors (Lipinski definition) is 1. The van der Waals surface area contributed by atoms with Crippen molar-refractivity contribution in [1.29, 1.82) is 0 Å². The van der Waals surface area contributed by atoms with E-state index in [1.165, 1.54) is 0 Å². The first-order valence-electron chi connectivity index (χ1n) is 5.67. The quantitative estimate of drug-likeness (QED) is 0.723. The van der Waals surface area contributed by atoms with E-state index < -0.39 is 0 Å². The molecule has 0 radical (unpaired) electrons. The molecular weight excluding hydrogens is 262 g/mol. The highest BCUT2D eigenvalue weighted by Crippen LogP contribution is 2.29. The molecule has 94 valence electrons. The average Bonchev–Trinajstić information content (AvgIpc) is 2.42. The molecule has 0 aliphatic carbocycles. The Bertz CT molecular complexity index is 746. The Kier molecular flexibility index (Phi) is 2.93. The van der Waals surface area contributed by atoms with Gasteiger partial charge in [-0.2, -0.15) is 0 Å². The number of para-hydroxylation sites is 2. The lowest BCUT2D eigenvalue weighted by molar-refractivity contribution is 0.465. The number of hydrogen-bond acceptors (Lipinski definition) is 4. The molecule has 0 aliphatic rings. The highest BCUT2D eigenvalue weighted by atomic mass is 35.5. The maximum absolute atomic E-state index is 5.83. The normalized spacial score (nSPS) is 10.6. The van der Waals surface area contributed by atoms with E-state index >= 15 is 0 Å². The lowest BCUT2D eigenvalue weighted by Gasteiger charge is -2.08. The lowest BCUT2D eigenvalue weighted by Crippen LogP contribution is -1.94. The summed E-state index contributed by atoms with van der Waals surface area (Å²) in [6, 6.07) is 12.6. The van der Waals surface area contributed by atoms with Crippen molar-refractivity contribution in [1.82, 2.24) is 9.97 Å². The standard InChI is InChI=1S/C14H10ClN3O/c15-9-5-6-13(10(16)7-9)19-14-8-17-11-3-1-2-4-12(11)18-14/h1-8H,16H2. The van der Waals surface area contributed by atoms with Gasteiger partial charge in [0.1, 0.15) is 0 Å². The minimum Gasteiger partial charge on any atom is -0.435 e. The van der Waals surface area contributed by atoms with Crippen molar-refractivity contribution in [2.45, 2.75) is 0 Å². The molecule has 1 aromatic heterocycles. The van der Waals surface area contributed by atoms with E-state index in [2.05, 4.69) is 9.97 Å². The predicted octanol–water partition coefficient (Wildman–Crippen LogP) is 3.66. The summed E-state index contributed by atoms with van der Waals surface area (Å²) < 4.78 is 5.61. The molecule has 5 heteroatoms. The van der Waals surface area contributed by atoms with E-state index in [1.54, 1.807) is 24.4 Å². The zero-order valence-corrected chi connectivity index (χ0v) is 10.6. The number of nitrogens with zero attached hydrogens (tertiary/aromatic N) is 2. The van der Waals surface area contributed by atoms with Crippen LogP contribution in [-0.2, 0) is 0 Å². The van der Waals surface area contributed by atoms with Crippen LogP contribution in [-0.4, -0.2) is 9.97 Å². The van der Waals surface area contributed by atoms with Crippen LogP contribution in [0.15, 0.2) is 48.7 Å². The summed E-state index contributed by atoms with van der Waals surface area (Å²) in [5.41, 5.74) is 7.87. The van der Waals surface area contributed by atoms with Gasteiger partial charge in [-0.1, -0.05) is 23.7 Å². The number of rotatable bonds is 2. The minimum atomic E-state index is 0.396. The first kappa shape index (κ1) is 11.7. The van der Waals surface area contributed by atoms with Gasteiger partial charge in [0.15, 0.2) is 5.75 Å². The Hall–Kier alpha value is -2.33. The molecule has 0 aliphatic heterocycles. The number of halogens is 1. The third-order valence-electron chi connectivity index (χ3n) is 2.61. The van der Waals surface area contributed by atoms with Gasteiger partial charge >= 0.3 is 0 Å². The molecule has 0 bridgehead atoms. The van der Waals surface area contributed by atoms with Gasteiger partial charge in [0.25, 0.3) is 0 Å². The second-order valence-corrected chi connectivity index (χ2v) is 4.42. The molecule has 0 amide bonds. The van der Waals surface area contributed by atoms with Crippen molar-refractivity contribution in [3.8, 4) is 11.6 Å². The molecule has 0 saturated carbocycles. The molecule has 3 aromatic rings. The first-order chi connectivity index (χ1) is 9.22. The highest BCUT2D eigenvalue weighted by Gasteiger charge is 2.05. The van der Waals surface area contributed by atoms with Crippen LogP contribution >= 0.6 is 11.6 Å². The van der Waals surface area contributed by atoms with Crippen LogP contribution in [0.25, 0.3) is 11.0 Å². The summed E-state index contributed by atoms with van der Waals surface area (Å²) in [6.07, 6.45) is 1.57. The third kappa shape index (κ3) is 2.44. The van der Waals surface area contributed by atoms with Crippen molar-refractivity contribution in [2.75, 3.05) is 5.73 Å². The Balaban J connectivity index is 1.96. The monoisotopic (exact) mass is 271 g/mol. The van der Waals surface area contributed by atoms with Crippen molar-refractivity contribution >= 4 is 28.3 Å². The van der Waals surface area contributed by atoms with Crippen molar-refractivity contribution in [3.05, 3.63) is 53.7 Å². The van der Waals surface area contributed by atoms with Crippen LogP contribution in [0, 0.1) is 0 Å². The fraction of sp³-hybridized carbons (Fsp3) is 0. The fourth-order valence-corrected chi connectivity index (χ4v) is 1.89. The van der Waals surface area contributed by atoms with Crippen LogP contribution in [0.1, 0.15) is 0 Å². The van der Waals surface area contributed by atoms with Gasteiger partial charge in [-0.05, 0) is 30.3 Å². The first-order valence-corrected chi connectivity index (χ1v) is 6.05. The molecule has 0 saturated heterocycles. The molecule has 2 N–H and O–H groups in total. The van der Waals surface area contributed by atoms with Crippen molar-refractivity contribution in [3.63, 3.8) is 0 Å². The summed E-state index contributed by atoms with van der Waals surface area (Å²) in [6.45, 7) is 0. The molecule has 0 atom stereocenters. The van der Waals surface area contributed by atoms with Crippen LogP contribution < -0.4 is 10.5 Å². The van der Waals surface area contributed by atoms with E-state index in [1.807, 2.05) is 24.3 Å². The van der Waals surface area contributed by atoms with Gasteiger partial charge in [0.05, 0.1) is 22.9 Å². The number of benzene rings is 2. The fourth-order valence-electron chi connectivity index (χ4n) is 1.71.